The molecule has 2 aromatic carbocycles. The highest BCUT2D eigenvalue weighted by atomic mass is 19.1. The zero-order valence-electron chi connectivity index (χ0n) is 17.2. The molecule has 31 heavy (non-hydrogen) atoms. The third-order valence-electron chi connectivity index (χ3n) is 5.93. The van der Waals surface area contributed by atoms with E-state index < -0.39 is 6.04 Å². The molecule has 0 N–H and O–H groups in total. The van der Waals surface area contributed by atoms with Gasteiger partial charge in [-0.2, -0.15) is 0 Å². The fourth-order valence-corrected chi connectivity index (χ4v) is 4.40. The van der Waals surface area contributed by atoms with Crippen LogP contribution < -0.4 is 0 Å². The molecule has 2 aliphatic heterocycles. The highest BCUT2D eigenvalue weighted by Crippen LogP contribution is 2.34. The van der Waals surface area contributed by atoms with Crippen LogP contribution in [-0.2, 0) is 0 Å². The second-order valence-electron chi connectivity index (χ2n) is 7.86. The second kappa shape index (κ2) is 7.51. The first kappa shape index (κ1) is 19.3. The van der Waals surface area contributed by atoms with Gasteiger partial charge in [0.2, 0.25) is 0 Å². The standard InChI is InChI=1S/C25H21FN4O/c1-3-17-10-11-21-19(14-17)22(18-8-4-5-9-20(18)26)28-16(2)24-23(27-15-30(21)24)25(31)29-12-6-7-13-29/h1,4-5,8-11,14-16H,6-7,12-13H2,2H3/t16-/m1/s1. The molecule has 5 nitrogen and oxygen atoms in total. The summed E-state index contributed by atoms with van der Waals surface area (Å²) in [7, 11) is 0. The number of aromatic nitrogens is 2. The summed E-state index contributed by atoms with van der Waals surface area (Å²) >= 11 is 0. The van der Waals surface area contributed by atoms with Crippen LogP contribution in [0.1, 0.15) is 58.7 Å². The zero-order valence-corrected chi connectivity index (χ0v) is 17.2. The van der Waals surface area contributed by atoms with Crippen molar-refractivity contribution in [3.05, 3.63) is 82.7 Å². The van der Waals surface area contributed by atoms with Crippen LogP contribution in [0.25, 0.3) is 5.69 Å². The molecule has 0 aliphatic carbocycles. The summed E-state index contributed by atoms with van der Waals surface area (Å²) in [5.41, 5.74) is 4.18. The first-order valence-electron chi connectivity index (χ1n) is 10.4. The summed E-state index contributed by atoms with van der Waals surface area (Å²) in [5, 5.41) is 0. The molecule has 1 aromatic heterocycles. The molecule has 6 heteroatoms. The van der Waals surface area contributed by atoms with Crippen molar-refractivity contribution >= 4 is 11.6 Å². The molecular formula is C25H21FN4O. The molecule has 0 unspecified atom stereocenters. The largest absolute Gasteiger partial charge is 0.337 e. The average molecular weight is 412 g/mol. The van der Waals surface area contributed by atoms with Crippen molar-refractivity contribution in [2.75, 3.05) is 13.1 Å². The van der Waals surface area contributed by atoms with Crippen LogP contribution in [0.3, 0.4) is 0 Å². The van der Waals surface area contributed by atoms with Crippen molar-refractivity contribution in [2.45, 2.75) is 25.8 Å². The van der Waals surface area contributed by atoms with Gasteiger partial charge >= 0.3 is 0 Å². The Morgan fingerprint density at radius 2 is 1.94 bits per heavy atom. The molecule has 0 saturated carbocycles. The Labute approximate surface area is 180 Å². The molecule has 5 rings (SSSR count). The van der Waals surface area contributed by atoms with Crippen LogP contribution in [0.15, 0.2) is 53.8 Å². The number of rotatable bonds is 2. The number of benzene rings is 2. The van der Waals surface area contributed by atoms with Gasteiger partial charge in [-0.05, 0) is 50.1 Å². The van der Waals surface area contributed by atoms with Crippen LogP contribution >= 0.6 is 0 Å². The van der Waals surface area contributed by atoms with E-state index in [1.54, 1.807) is 24.5 Å². The highest BCUT2D eigenvalue weighted by Gasteiger charge is 2.31. The number of hydrogen-bond donors (Lipinski definition) is 0. The van der Waals surface area contributed by atoms with Crippen molar-refractivity contribution in [1.29, 1.82) is 0 Å². The van der Waals surface area contributed by atoms with Crippen LogP contribution in [0.2, 0.25) is 0 Å². The van der Waals surface area contributed by atoms with Crippen molar-refractivity contribution in [1.82, 2.24) is 14.5 Å². The minimum absolute atomic E-state index is 0.0792. The number of carbonyl (C=O) groups is 1. The Balaban J connectivity index is 1.74. The minimum Gasteiger partial charge on any atom is -0.337 e. The second-order valence-corrected chi connectivity index (χ2v) is 7.86. The molecule has 154 valence electrons. The number of nitrogens with zero attached hydrogens (tertiary/aromatic N) is 4. The highest BCUT2D eigenvalue weighted by molar-refractivity contribution is 6.15. The Morgan fingerprint density at radius 3 is 2.68 bits per heavy atom. The van der Waals surface area contributed by atoms with Crippen molar-refractivity contribution in [3.63, 3.8) is 0 Å². The fourth-order valence-electron chi connectivity index (χ4n) is 4.40. The Morgan fingerprint density at radius 1 is 1.16 bits per heavy atom. The van der Waals surface area contributed by atoms with Crippen LogP contribution in [0.5, 0.6) is 0 Å². The minimum atomic E-state index is -0.402. The van der Waals surface area contributed by atoms with Crippen LogP contribution in [0, 0.1) is 18.2 Å². The van der Waals surface area contributed by atoms with Gasteiger partial charge in [0.1, 0.15) is 12.1 Å². The Hall–Kier alpha value is -3.72. The van der Waals surface area contributed by atoms with Gasteiger partial charge in [-0.25, -0.2) is 9.37 Å². The van der Waals surface area contributed by atoms with E-state index in [1.807, 2.05) is 34.6 Å². The predicted molar refractivity (Wildman–Crippen MR) is 117 cm³/mol. The number of terminal acetylenes is 1. The number of hydrogen-bond acceptors (Lipinski definition) is 3. The zero-order chi connectivity index (χ0) is 21.5. The van der Waals surface area contributed by atoms with E-state index in [0.29, 0.717) is 33.8 Å². The van der Waals surface area contributed by atoms with Crippen LogP contribution in [-0.4, -0.2) is 39.2 Å². The van der Waals surface area contributed by atoms with E-state index in [9.17, 15) is 9.18 Å². The van der Waals surface area contributed by atoms with E-state index in [2.05, 4.69) is 10.9 Å². The number of carbonyl (C=O) groups excluding carboxylic acids is 1. The molecule has 1 saturated heterocycles. The molecule has 0 spiro atoms. The summed E-state index contributed by atoms with van der Waals surface area (Å²) in [5.74, 6) is 2.21. The maximum absolute atomic E-state index is 14.8. The maximum atomic E-state index is 14.8. The lowest BCUT2D eigenvalue weighted by atomic mass is 9.98. The molecular weight excluding hydrogens is 391 g/mol. The normalized spacial score (nSPS) is 17.4. The monoisotopic (exact) mass is 412 g/mol. The van der Waals surface area contributed by atoms with E-state index in [1.165, 1.54) is 6.07 Å². The number of halogens is 1. The third-order valence-corrected chi connectivity index (χ3v) is 5.93. The number of likely N-dealkylation sites (tertiary alicyclic amines) is 1. The molecule has 1 atom stereocenters. The van der Waals surface area contributed by atoms with Crippen molar-refractivity contribution in [3.8, 4) is 18.0 Å². The van der Waals surface area contributed by atoms with Gasteiger partial charge in [0.05, 0.1) is 23.1 Å². The van der Waals surface area contributed by atoms with Gasteiger partial charge in [-0.1, -0.05) is 18.1 Å². The number of aliphatic imine (C=N–C) groups is 1. The summed E-state index contributed by atoms with van der Waals surface area (Å²) < 4.78 is 16.7. The maximum Gasteiger partial charge on any atom is 0.274 e. The lowest BCUT2D eigenvalue weighted by Gasteiger charge is -2.16. The lowest BCUT2D eigenvalue weighted by molar-refractivity contribution is 0.0786. The number of imidazole rings is 1. The van der Waals surface area contributed by atoms with Gasteiger partial charge in [-0.15, -0.1) is 6.42 Å². The topological polar surface area (TPSA) is 50.5 Å². The Bertz CT molecular complexity index is 1260. The molecule has 3 aromatic rings. The van der Waals surface area contributed by atoms with Gasteiger partial charge in [0, 0.05) is 29.8 Å². The smallest absolute Gasteiger partial charge is 0.274 e. The molecule has 0 bridgehead atoms. The van der Waals surface area contributed by atoms with Gasteiger partial charge in [0.15, 0.2) is 5.69 Å². The van der Waals surface area contributed by atoms with Crippen LogP contribution in [0.4, 0.5) is 4.39 Å². The number of amides is 1. The molecule has 2 aliphatic rings. The summed E-state index contributed by atoms with van der Waals surface area (Å²) in [6.07, 6.45) is 9.30. The Kier molecular flexibility index (Phi) is 4.67. The summed E-state index contributed by atoms with van der Waals surface area (Å²) in [6.45, 7) is 3.39. The molecule has 1 fully saturated rings. The van der Waals surface area contributed by atoms with Gasteiger partial charge in [0.25, 0.3) is 5.91 Å². The number of fused-ring (bicyclic) bond motifs is 3. The summed E-state index contributed by atoms with van der Waals surface area (Å²) in [4.78, 5) is 24.4. The molecule has 3 heterocycles. The SMILES string of the molecule is C#Cc1ccc2c(c1)C(c1ccccc1F)=N[C@H](C)c1c(C(=O)N3CCCC3)ncn1-2. The van der Waals surface area contributed by atoms with Crippen molar-refractivity contribution in [2.24, 2.45) is 4.99 Å². The first-order valence-corrected chi connectivity index (χ1v) is 10.4. The first-order chi connectivity index (χ1) is 15.1. The quantitative estimate of drug-likeness (QED) is 0.594. The van der Waals surface area contributed by atoms with Gasteiger partial charge < -0.3 is 4.90 Å². The van der Waals surface area contributed by atoms with E-state index in [0.717, 1.165) is 31.6 Å². The van der Waals surface area contributed by atoms with E-state index >= 15 is 0 Å². The van der Waals surface area contributed by atoms with Gasteiger partial charge in [-0.3, -0.25) is 14.4 Å². The van der Waals surface area contributed by atoms with Crippen molar-refractivity contribution < 1.29 is 9.18 Å². The average Bonchev–Trinajstić information content (AvgIpc) is 3.45. The molecule has 1 amide bonds. The van der Waals surface area contributed by atoms with E-state index in [4.69, 9.17) is 11.4 Å². The fraction of sp³-hybridized carbons (Fsp3) is 0.240. The lowest BCUT2D eigenvalue weighted by Crippen LogP contribution is -2.29. The summed E-state index contributed by atoms with van der Waals surface area (Å²) in [6, 6.07) is 11.7. The van der Waals surface area contributed by atoms with E-state index in [-0.39, 0.29) is 11.7 Å². The third kappa shape index (κ3) is 3.14. The predicted octanol–water partition coefficient (Wildman–Crippen LogP) is 4.14. The molecule has 0 radical (unpaired) electrons.